The molecule has 0 aliphatic heterocycles. The van der Waals surface area contributed by atoms with Crippen molar-refractivity contribution < 1.29 is 9.72 Å². The summed E-state index contributed by atoms with van der Waals surface area (Å²) in [6.45, 7) is 2.21. The van der Waals surface area contributed by atoms with E-state index in [-0.39, 0.29) is 27.7 Å². The first kappa shape index (κ1) is 25.7. The van der Waals surface area contributed by atoms with Crippen LogP contribution in [0.5, 0.6) is 0 Å². The van der Waals surface area contributed by atoms with Gasteiger partial charge >= 0.3 is 0 Å². The zero-order chi connectivity index (χ0) is 26.3. The molecular formula is C25H20Cl2N4O4S2. The van der Waals surface area contributed by atoms with Gasteiger partial charge in [-0.25, -0.2) is 4.98 Å². The van der Waals surface area contributed by atoms with Gasteiger partial charge in [-0.3, -0.25) is 24.3 Å². The Hall–Kier alpha value is -2.92. The van der Waals surface area contributed by atoms with E-state index < -0.39 is 10.8 Å². The van der Waals surface area contributed by atoms with E-state index in [1.807, 2.05) is 0 Å². The third-order valence-corrected chi connectivity index (χ3v) is 8.80. The summed E-state index contributed by atoms with van der Waals surface area (Å²) in [5.74, 6) is 0.112. The molecule has 4 aromatic rings. The van der Waals surface area contributed by atoms with E-state index in [9.17, 15) is 19.7 Å². The fraction of sp³-hybridized carbons (Fsp3) is 0.240. The number of benzene rings is 2. The van der Waals surface area contributed by atoms with Crippen LogP contribution < -0.4 is 10.9 Å². The number of anilines is 1. The van der Waals surface area contributed by atoms with Gasteiger partial charge in [0.2, 0.25) is 5.91 Å². The number of fused-ring (bicyclic) bond motifs is 3. The van der Waals surface area contributed by atoms with Crippen molar-refractivity contribution in [2.24, 2.45) is 5.92 Å². The SMILES string of the molecule is CC1CCc2c(sc3nc(SCC(=O)Nc4ccc([N+](=O)[O-])cc4Cl)n(-c4ccc(Cl)cc4)c(=O)c23)C1. The number of hydrogen-bond donors (Lipinski definition) is 1. The van der Waals surface area contributed by atoms with Gasteiger partial charge < -0.3 is 5.32 Å². The molecule has 2 heterocycles. The number of halogens is 2. The summed E-state index contributed by atoms with van der Waals surface area (Å²) >= 11 is 14.9. The number of carbonyl (C=O) groups excluding carboxylic acids is 1. The summed E-state index contributed by atoms with van der Waals surface area (Å²) in [6.07, 6.45) is 2.80. The maximum Gasteiger partial charge on any atom is 0.271 e. The molecule has 1 aliphatic rings. The van der Waals surface area contributed by atoms with Gasteiger partial charge in [-0.1, -0.05) is 41.9 Å². The van der Waals surface area contributed by atoms with Crippen LogP contribution in [-0.4, -0.2) is 26.1 Å². The van der Waals surface area contributed by atoms with Gasteiger partial charge in [0.25, 0.3) is 11.2 Å². The minimum absolute atomic E-state index is 0.0546. The molecule has 12 heteroatoms. The Labute approximate surface area is 229 Å². The number of thioether (sulfide) groups is 1. The van der Waals surface area contributed by atoms with Crippen LogP contribution in [0, 0.1) is 16.0 Å². The summed E-state index contributed by atoms with van der Waals surface area (Å²) in [5.41, 5.74) is 1.61. The second kappa shape index (κ2) is 10.4. The summed E-state index contributed by atoms with van der Waals surface area (Å²) in [4.78, 5) is 43.6. The van der Waals surface area contributed by atoms with Gasteiger partial charge in [0, 0.05) is 22.0 Å². The molecule has 0 saturated carbocycles. The Bertz CT molecular complexity index is 1600. The number of amides is 1. The quantitative estimate of drug-likeness (QED) is 0.121. The first-order valence-electron chi connectivity index (χ1n) is 11.4. The molecule has 0 saturated heterocycles. The van der Waals surface area contributed by atoms with E-state index in [1.165, 1.54) is 27.6 Å². The molecule has 0 fully saturated rings. The number of aryl methyl sites for hydroxylation is 1. The van der Waals surface area contributed by atoms with Crippen LogP contribution in [0.1, 0.15) is 23.8 Å². The number of hydrogen-bond acceptors (Lipinski definition) is 7. The molecule has 1 amide bonds. The second-order valence-electron chi connectivity index (χ2n) is 8.80. The van der Waals surface area contributed by atoms with E-state index in [0.29, 0.717) is 32.0 Å². The summed E-state index contributed by atoms with van der Waals surface area (Å²) in [7, 11) is 0. The van der Waals surface area contributed by atoms with Gasteiger partial charge in [-0.05, 0) is 61.1 Å². The van der Waals surface area contributed by atoms with Crippen LogP contribution in [0.15, 0.2) is 52.4 Å². The van der Waals surface area contributed by atoms with Crippen LogP contribution in [0.3, 0.4) is 0 Å². The lowest BCUT2D eigenvalue weighted by molar-refractivity contribution is -0.384. The van der Waals surface area contributed by atoms with Crippen molar-refractivity contribution in [2.45, 2.75) is 31.3 Å². The highest BCUT2D eigenvalue weighted by Gasteiger charge is 2.25. The van der Waals surface area contributed by atoms with Crippen molar-refractivity contribution in [3.63, 3.8) is 0 Å². The van der Waals surface area contributed by atoms with Gasteiger partial charge in [0.15, 0.2) is 5.16 Å². The summed E-state index contributed by atoms with van der Waals surface area (Å²) in [5, 5.41) is 15.2. The molecule has 0 spiro atoms. The molecule has 1 unspecified atom stereocenters. The minimum Gasteiger partial charge on any atom is -0.324 e. The molecule has 0 radical (unpaired) electrons. The van der Waals surface area contributed by atoms with Crippen molar-refractivity contribution in [1.29, 1.82) is 0 Å². The number of non-ortho nitro benzene ring substituents is 1. The third-order valence-electron chi connectivity index (χ3n) is 6.15. The Morgan fingerprint density at radius 1 is 1.27 bits per heavy atom. The summed E-state index contributed by atoms with van der Waals surface area (Å²) < 4.78 is 1.53. The monoisotopic (exact) mass is 574 g/mol. The van der Waals surface area contributed by atoms with Crippen LogP contribution in [0.25, 0.3) is 15.9 Å². The maximum atomic E-state index is 13.8. The number of nitro benzene ring substituents is 1. The van der Waals surface area contributed by atoms with Gasteiger partial charge in [-0.2, -0.15) is 0 Å². The zero-order valence-electron chi connectivity index (χ0n) is 19.5. The van der Waals surface area contributed by atoms with E-state index in [0.717, 1.165) is 36.6 Å². The summed E-state index contributed by atoms with van der Waals surface area (Å²) in [6, 6.07) is 10.7. The first-order chi connectivity index (χ1) is 17.7. The van der Waals surface area contributed by atoms with Crippen molar-refractivity contribution in [1.82, 2.24) is 9.55 Å². The van der Waals surface area contributed by atoms with Gasteiger partial charge in [0.1, 0.15) is 4.83 Å². The predicted octanol–water partition coefficient (Wildman–Crippen LogP) is 6.52. The van der Waals surface area contributed by atoms with Crippen molar-refractivity contribution in [3.05, 3.63) is 83.4 Å². The number of nitro groups is 1. The topological polar surface area (TPSA) is 107 Å². The first-order valence-corrected chi connectivity index (χ1v) is 14.0. The second-order valence-corrected chi connectivity index (χ2v) is 11.7. The molecule has 1 aliphatic carbocycles. The molecule has 2 aromatic carbocycles. The average molecular weight is 575 g/mol. The normalized spacial score (nSPS) is 14.9. The smallest absolute Gasteiger partial charge is 0.271 e. The number of thiophene rings is 1. The maximum absolute atomic E-state index is 13.8. The minimum atomic E-state index is -0.561. The van der Waals surface area contributed by atoms with Crippen LogP contribution >= 0.6 is 46.3 Å². The molecule has 1 N–H and O–H groups in total. The van der Waals surface area contributed by atoms with E-state index in [4.69, 9.17) is 28.2 Å². The van der Waals surface area contributed by atoms with Crippen molar-refractivity contribution in [2.75, 3.05) is 11.1 Å². The Kier molecular flexibility index (Phi) is 7.26. The van der Waals surface area contributed by atoms with E-state index in [1.54, 1.807) is 35.6 Å². The number of nitrogens with zero attached hydrogens (tertiary/aromatic N) is 3. The highest BCUT2D eigenvalue weighted by molar-refractivity contribution is 7.99. The van der Waals surface area contributed by atoms with Crippen LogP contribution in [0.4, 0.5) is 11.4 Å². The van der Waals surface area contributed by atoms with Gasteiger partial charge in [0.05, 0.1) is 32.5 Å². The van der Waals surface area contributed by atoms with Crippen LogP contribution in [-0.2, 0) is 17.6 Å². The predicted molar refractivity (Wildman–Crippen MR) is 149 cm³/mol. The van der Waals surface area contributed by atoms with Gasteiger partial charge in [-0.15, -0.1) is 11.3 Å². The van der Waals surface area contributed by atoms with E-state index in [2.05, 4.69) is 12.2 Å². The lowest BCUT2D eigenvalue weighted by Gasteiger charge is -2.18. The average Bonchev–Trinajstić information content (AvgIpc) is 3.22. The highest BCUT2D eigenvalue weighted by atomic mass is 35.5. The Morgan fingerprint density at radius 3 is 2.73 bits per heavy atom. The van der Waals surface area contributed by atoms with Crippen molar-refractivity contribution in [3.8, 4) is 5.69 Å². The standard InChI is InChI=1S/C25H20Cl2N4O4S2/c1-13-2-8-17-20(10-13)37-23-22(17)24(33)30(15-5-3-14(26)4-6-15)25(29-23)36-12-21(32)28-19-9-7-16(31(34)35)11-18(19)27/h3-7,9,11,13H,2,8,10,12H2,1H3,(H,28,32). The fourth-order valence-corrected chi connectivity index (χ4v) is 6.91. The molecule has 1 atom stereocenters. The number of nitrogens with one attached hydrogen (secondary N) is 1. The number of rotatable bonds is 6. The van der Waals surface area contributed by atoms with Crippen molar-refractivity contribution >= 4 is 73.8 Å². The lowest BCUT2D eigenvalue weighted by atomic mass is 9.89. The molecule has 2 aromatic heterocycles. The largest absolute Gasteiger partial charge is 0.324 e. The molecule has 190 valence electrons. The highest BCUT2D eigenvalue weighted by Crippen LogP contribution is 2.37. The molecule has 5 rings (SSSR count). The molecular weight excluding hydrogens is 555 g/mol. The van der Waals surface area contributed by atoms with E-state index >= 15 is 0 Å². The number of carbonyl (C=O) groups is 1. The zero-order valence-corrected chi connectivity index (χ0v) is 22.6. The Morgan fingerprint density at radius 2 is 2.03 bits per heavy atom. The lowest BCUT2D eigenvalue weighted by Crippen LogP contribution is -2.23. The molecule has 0 bridgehead atoms. The number of aromatic nitrogens is 2. The Balaban J connectivity index is 1.48. The third kappa shape index (κ3) is 5.24. The van der Waals surface area contributed by atoms with Crippen LogP contribution in [0.2, 0.25) is 10.0 Å². The molecule has 8 nitrogen and oxygen atoms in total. The fourth-order valence-electron chi connectivity index (χ4n) is 4.32. The molecule has 37 heavy (non-hydrogen) atoms.